The van der Waals surface area contributed by atoms with Crippen molar-refractivity contribution in [2.45, 2.75) is 29.9 Å². The van der Waals surface area contributed by atoms with Gasteiger partial charge >= 0.3 is 0 Å². The van der Waals surface area contributed by atoms with Crippen LogP contribution >= 0.6 is 0 Å². The van der Waals surface area contributed by atoms with E-state index in [2.05, 4.69) is 9.71 Å². The highest BCUT2D eigenvalue weighted by Crippen LogP contribution is 2.34. The van der Waals surface area contributed by atoms with Crippen LogP contribution < -0.4 is 10.5 Å². The molecule has 1 heterocycles. The first-order valence-corrected chi connectivity index (χ1v) is 7.20. The molecule has 1 saturated carbocycles. The Morgan fingerprint density at radius 3 is 2.67 bits per heavy atom. The smallest absolute Gasteiger partial charge is 0.260 e. The van der Waals surface area contributed by atoms with E-state index in [0.29, 0.717) is 0 Å². The van der Waals surface area contributed by atoms with E-state index in [1.165, 1.54) is 10.9 Å². The molecule has 1 fully saturated rings. The van der Waals surface area contributed by atoms with Gasteiger partial charge in [0.25, 0.3) is 10.0 Å². The Labute approximate surface area is 106 Å². The minimum atomic E-state index is -3.65. The molecule has 8 heteroatoms. The third-order valence-electron chi connectivity index (χ3n) is 3.45. The molecule has 1 aromatic heterocycles. The lowest BCUT2D eigenvalue weighted by Gasteiger charge is -2.40. The maximum Gasteiger partial charge on any atom is 0.260 e. The number of methoxy groups -OCH3 is 1. The van der Waals surface area contributed by atoms with Gasteiger partial charge in [-0.1, -0.05) is 0 Å². The van der Waals surface area contributed by atoms with Gasteiger partial charge in [-0.2, -0.15) is 0 Å². The highest BCUT2D eigenvalue weighted by molar-refractivity contribution is 7.89. The molecule has 0 amide bonds. The van der Waals surface area contributed by atoms with Crippen molar-refractivity contribution in [2.75, 3.05) is 19.4 Å². The molecule has 0 radical (unpaired) electrons. The second-order valence-corrected chi connectivity index (χ2v) is 6.29. The Morgan fingerprint density at radius 2 is 2.28 bits per heavy atom. The van der Waals surface area contributed by atoms with Gasteiger partial charge in [0.15, 0.2) is 10.8 Å². The zero-order valence-electron chi connectivity index (χ0n) is 10.5. The molecule has 0 unspecified atom stereocenters. The van der Waals surface area contributed by atoms with Crippen LogP contribution in [0.5, 0.6) is 0 Å². The van der Waals surface area contributed by atoms with Crippen LogP contribution in [-0.4, -0.2) is 37.2 Å². The van der Waals surface area contributed by atoms with Crippen LogP contribution in [0.2, 0.25) is 0 Å². The van der Waals surface area contributed by atoms with Gasteiger partial charge in [-0.25, -0.2) is 18.1 Å². The molecule has 102 valence electrons. The number of rotatable bonds is 5. The Hall–Kier alpha value is -1.12. The highest BCUT2D eigenvalue weighted by atomic mass is 32.2. The lowest BCUT2D eigenvalue weighted by atomic mass is 9.80. The zero-order chi connectivity index (χ0) is 13.4. The van der Waals surface area contributed by atoms with Crippen molar-refractivity contribution in [2.24, 2.45) is 7.05 Å². The number of nitrogens with zero attached hydrogens (tertiary/aromatic N) is 2. The largest absolute Gasteiger partial charge is 0.381 e. The number of sulfonamides is 1. The standard InChI is InChI=1S/C10H18N4O3S/c1-14-7-12-8(11)9(14)18(15,16)13-6-10(17-2)4-3-5-10/h7,13H,3-6,11H2,1-2H3. The van der Waals surface area contributed by atoms with Crippen LogP contribution in [-0.2, 0) is 21.8 Å². The normalized spacial score (nSPS) is 18.6. The fourth-order valence-electron chi connectivity index (χ4n) is 2.08. The number of nitrogen functional groups attached to an aromatic ring is 1. The van der Waals surface area contributed by atoms with Gasteiger partial charge in [0.1, 0.15) is 0 Å². The van der Waals surface area contributed by atoms with E-state index >= 15 is 0 Å². The van der Waals surface area contributed by atoms with Gasteiger partial charge in [-0.3, -0.25) is 0 Å². The van der Waals surface area contributed by atoms with Crippen molar-refractivity contribution in [3.63, 3.8) is 0 Å². The van der Waals surface area contributed by atoms with Gasteiger partial charge in [0.05, 0.1) is 11.9 Å². The zero-order valence-corrected chi connectivity index (χ0v) is 11.3. The number of anilines is 1. The van der Waals surface area contributed by atoms with Crippen molar-refractivity contribution in [1.29, 1.82) is 0 Å². The van der Waals surface area contributed by atoms with Crippen LogP contribution in [0, 0.1) is 0 Å². The quantitative estimate of drug-likeness (QED) is 0.778. The predicted molar refractivity (Wildman–Crippen MR) is 66.4 cm³/mol. The third kappa shape index (κ3) is 2.23. The average Bonchev–Trinajstić information content (AvgIpc) is 2.58. The fraction of sp³-hybridized carbons (Fsp3) is 0.700. The van der Waals surface area contributed by atoms with E-state index in [1.807, 2.05) is 0 Å². The molecule has 0 aliphatic heterocycles. The molecule has 0 bridgehead atoms. The van der Waals surface area contributed by atoms with Gasteiger partial charge in [0, 0.05) is 20.7 Å². The molecule has 0 aromatic carbocycles. The van der Waals surface area contributed by atoms with Crippen LogP contribution in [0.15, 0.2) is 11.4 Å². The summed E-state index contributed by atoms with van der Waals surface area (Å²) >= 11 is 0. The maximum absolute atomic E-state index is 12.1. The number of aromatic nitrogens is 2. The summed E-state index contributed by atoms with van der Waals surface area (Å²) in [5.41, 5.74) is 5.20. The highest BCUT2D eigenvalue weighted by Gasteiger charge is 2.38. The van der Waals surface area contributed by atoms with Crippen molar-refractivity contribution in [3.8, 4) is 0 Å². The number of aryl methyl sites for hydroxylation is 1. The summed E-state index contributed by atoms with van der Waals surface area (Å²) in [5, 5.41) is -0.00641. The molecule has 0 spiro atoms. The number of hydrogen-bond acceptors (Lipinski definition) is 5. The number of ether oxygens (including phenoxy) is 1. The second kappa shape index (κ2) is 4.52. The van der Waals surface area contributed by atoms with Crippen molar-refractivity contribution < 1.29 is 13.2 Å². The molecule has 7 nitrogen and oxygen atoms in total. The monoisotopic (exact) mass is 274 g/mol. The minimum absolute atomic E-state index is 0.00470. The van der Waals surface area contributed by atoms with Gasteiger partial charge < -0.3 is 15.0 Å². The van der Waals surface area contributed by atoms with E-state index in [1.54, 1.807) is 14.2 Å². The number of imidazole rings is 1. The first-order valence-electron chi connectivity index (χ1n) is 5.72. The van der Waals surface area contributed by atoms with Gasteiger partial charge in [0.2, 0.25) is 0 Å². The first-order chi connectivity index (χ1) is 8.40. The van der Waals surface area contributed by atoms with Crippen molar-refractivity contribution >= 4 is 15.8 Å². The maximum atomic E-state index is 12.1. The first kappa shape index (κ1) is 13.3. The summed E-state index contributed by atoms with van der Waals surface area (Å²) in [7, 11) is -0.459. The Kier molecular flexibility index (Phi) is 3.35. The molecular weight excluding hydrogens is 256 g/mol. The Bertz CT molecular complexity index is 508. The summed E-state index contributed by atoms with van der Waals surface area (Å²) in [6.07, 6.45) is 4.17. The van der Waals surface area contributed by atoms with Crippen LogP contribution in [0.4, 0.5) is 5.82 Å². The molecule has 1 aliphatic carbocycles. The van der Waals surface area contributed by atoms with Crippen molar-refractivity contribution in [1.82, 2.24) is 14.3 Å². The SMILES string of the molecule is COC1(CNS(=O)(=O)c2c(N)ncn2C)CCC1. The number of nitrogens with two attached hydrogens (primary N) is 1. The van der Waals surface area contributed by atoms with E-state index in [-0.39, 0.29) is 23.0 Å². The predicted octanol–water partition coefficient (Wildman–Crippen LogP) is -0.150. The fourth-order valence-corrected chi connectivity index (χ4v) is 3.43. The van der Waals surface area contributed by atoms with E-state index < -0.39 is 10.0 Å². The van der Waals surface area contributed by atoms with Crippen LogP contribution in [0.3, 0.4) is 0 Å². The van der Waals surface area contributed by atoms with E-state index in [4.69, 9.17) is 10.5 Å². The van der Waals surface area contributed by atoms with Crippen LogP contribution in [0.25, 0.3) is 0 Å². The number of nitrogens with one attached hydrogen (secondary N) is 1. The van der Waals surface area contributed by atoms with E-state index in [9.17, 15) is 8.42 Å². The lowest BCUT2D eigenvalue weighted by Crippen LogP contribution is -2.49. The van der Waals surface area contributed by atoms with Gasteiger partial charge in [-0.15, -0.1) is 0 Å². The minimum Gasteiger partial charge on any atom is -0.381 e. The number of hydrogen-bond donors (Lipinski definition) is 2. The lowest BCUT2D eigenvalue weighted by molar-refractivity contribution is -0.0659. The second-order valence-electron chi connectivity index (χ2n) is 4.61. The summed E-state index contributed by atoms with van der Waals surface area (Å²) in [6, 6.07) is 0. The van der Waals surface area contributed by atoms with Gasteiger partial charge in [-0.05, 0) is 19.3 Å². The molecule has 0 saturated heterocycles. The summed E-state index contributed by atoms with van der Waals surface area (Å²) < 4.78 is 33.6. The molecule has 1 aliphatic rings. The molecule has 0 atom stereocenters. The summed E-state index contributed by atoms with van der Waals surface area (Å²) in [6.45, 7) is 0.260. The molecule has 1 aromatic rings. The average molecular weight is 274 g/mol. The molecule has 18 heavy (non-hydrogen) atoms. The Morgan fingerprint density at radius 1 is 1.61 bits per heavy atom. The third-order valence-corrected chi connectivity index (χ3v) is 4.98. The molecule has 3 N–H and O–H groups in total. The molecule has 2 rings (SSSR count). The van der Waals surface area contributed by atoms with Crippen LogP contribution in [0.1, 0.15) is 19.3 Å². The molecular formula is C10H18N4O3S. The van der Waals surface area contributed by atoms with E-state index in [0.717, 1.165) is 19.3 Å². The van der Waals surface area contributed by atoms with Crippen molar-refractivity contribution in [3.05, 3.63) is 6.33 Å². The Balaban J connectivity index is 2.13. The topological polar surface area (TPSA) is 99.2 Å². The summed E-state index contributed by atoms with van der Waals surface area (Å²) in [5.74, 6) is 0.00470. The summed E-state index contributed by atoms with van der Waals surface area (Å²) in [4.78, 5) is 3.77.